The van der Waals surface area contributed by atoms with Crippen LogP contribution in [-0.2, 0) is 6.42 Å². The van der Waals surface area contributed by atoms with Gasteiger partial charge in [0.1, 0.15) is 5.65 Å². The molecule has 17 heavy (non-hydrogen) atoms. The van der Waals surface area contributed by atoms with Gasteiger partial charge in [-0.2, -0.15) is 5.10 Å². The molecule has 0 saturated heterocycles. The van der Waals surface area contributed by atoms with E-state index in [1.807, 2.05) is 10.6 Å². The van der Waals surface area contributed by atoms with Gasteiger partial charge in [-0.15, -0.1) is 0 Å². The van der Waals surface area contributed by atoms with Gasteiger partial charge in [-0.3, -0.25) is 4.79 Å². The van der Waals surface area contributed by atoms with Crippen molar-refractivity contribution in [1.82, 2.24) is 14.6 Å². The van der Waals surface area contributed by atoms with Gasteiger partial charge in [0.2, 0.25) is 0 Å². The van der Waals surface area contributed by atoms with Crippen molar-refractivity contribution in [2.24, 2.45) is 5.92 Å². The molecule has 1 N–H and O–H groups in total. The Hall–Kier alpha value is -1.58. The molecule has 2 aromatic heterocycles. The van der Waals surface area contributed by atoms with E-state index in [0.717, 1.165) is 23.5 Å². The van der Waals surface area contributed by atoms with Gasteiger partial charge in [-0.05, 0) is 18.3 Å². The number of aromatic nitrogens is 3. The molecule has 0 bridgehead atoms. The highest BCUT2D eigenvalue weighted by Gasteiger charge is 2.10. The molecule has 4 heteroatoms. The number of nitrogens with zero attached hydrogens (tertiary/aromatic N) is 2. The first-order chi connectivity index (χ1) is 7.97. The van der Waals surface area contributed by atoms with Crippen LogP contribution in [0.5, 0.6) is 0 Å². The van der Waals surface area contributed by atoms with E-state index in [2.05, 4.69) is 37.8 Å². The van der Waals surface area contributed by atoms with Crippen LogP contribution in [0.25, 0.3) is 5.65 Å². The SMILES string of the molecule is CC(C)Cc1cc(=O)[nH]c2cc(C(C)C)nn12. The molecule has 2 rings (SSSR count). The van der Waals surface area contributed by atoms with E-state index in [4.69, 9.17) is 0 Å². The standard InChI is InChI=1S/C13H19N3O/c1-8(2)5-10-6-13(17)14-12-7-11(9(3)4)15-16(10)12/h6-9H,5H2,1-4H3,(H,14,17). The van der Waals surface area contributed by atoms with Gasteiger partial charge in [-0.1, -0.05) is 27.7 Å². The Balaban J connectivity index is 2.61. The number of aromatic amines is 1. The normalized spacial score (nSPS) is 11.9. The molecular weight excluding hydrogens is 214 g/mol. The molecule has 0 saturated carbocycles. The van der Waals surface area contributed by atoms with Crippen LogP contribution >= 0.6 is 0 Å². The lowest BCUT2D eigenvalue weighted by Crippen LogP contribution is -2.13. The highest BCUT2D eigenvalue weighted by atomic mass is 16.1. The quantitative estimate of drug-likeness (QED) is 0.884. The molecule has 0 aromatic carbocycles. The van der Waals surface area contributed by atoms with Crippen LogP contribution in [0.1, 0.15) is 45.0 Å². The monoisotopic (exact) mass is 233 g/mol. The van der Waals surface area contributed by atoms with Gasteiger partial charge in [0.15, 0.2) is 0 Å². The van der Waals surface area contributed by atoms with Gasteiger partial charge in [0.25, 0.3) is 5.56 Å². The fourth-order valence-corrected chi connectivity index (χ4v) is 1.93. The maximum absolute atomic E-state index is 11.6. The van der Waals surface area contributed by atoms with Crippen molar-refractivity contribution in [2.75, 3.05) is 0 Å². The minimum atomic E-state index is -0.0524. The van der Waals surface area contributed by atoms with Crippen LogP contribution < -0.4 is 5.56 Å². The summed E-state index contributed by atoms with van der Waals surface area (Å²) in [4.78, 5) is 14.4. The van der Waals surface area contributed by atoms with Crippen molar-refractivity contribution in [3.8, 4) is 0 Å². The molecule has 0 amide bonds. The van der Waals surface area contributed by atoms with Crippen molar-refractivity contribution >= 4 is 5.65 Å². The molecule has 0 aliphatic carbocycles. The Labute approximate surface area is 101 Å². The van der Waals surface area contributed by atoms with Crippen LogP contribution in [0.4, 0.5) is 0 Å². The summed E-state index contributed by atoms with van der Waals surface area (Å²) in [6.07, 6.45) is 0.861. The predicted octanol–water partition coefficient (Wildman–Crippen LogP) is 2.34. The minimum absolute atomic E-state index is 0.0524. The summed E-state index contributed by atoms with van der Waals surface area (Å²) in [6.45, 7) is 8.48. The molecule has 4 nitrogen and oxygen atoms in total. The van der Waals surface area contributed by atoms with E-state index >= 15 is 0 Å². The minimum Gasteiger partial charge on any atom is -0.307 e. The molecule has 92 valence electrons. The van der Waals surface area contributed by atoms with E-state index in [1.54, 1.807) is 6.07 Å². The van der Waals surface area contributed by atoms with Crippen LogP contribution in [0, 0.1) is 5.92 Å². The summed E-state index contributed by atoms with van der Waals surface area (Å²) in [6, 6.07) is 3.60. The first-order valence-corrected chi connectivity index (χ1v) is 6.09. The van der Waals surface area contributed by atoms with E-state index < -0.39 is 0 Å². The highest BCUT2D eigenvalue weighted by molar-refractivity contribution is 5.41. The Kier molecular flexibility index (Phi) is 3.05. The lowest BCUT2D eigenvalue weighted by Gasteiger charge is -2.06. The second-order valence-electron chi connectivity index (χ2n) is 5.24. The smallest absolute Gasteiger partial charge is 0.251 e. The second kappa shape index (κ2) is 4.35. The third-order valence-corrected chi connectivity index (χ3v) is 2.76. The Morgan fingerprint density at radius 1 is 1.29 bits per heavy atom. The lowest BCUT2D eigenvalue weighted by atomic mass is 10.1. The number of H-pyrrole nitrogens is 1. The fraction of sp³-hybridized carbons (Fsp3) is 0.538. The maximum Gasteiger partial charge on any atom is 0.251 e. The topological polar surface area (TPSA) is 50.2 Å². The van der Waals surface area contributed by atoms with Gasteiger partial charge >= 0.3 is 0 Å². The number of rotatable bonds is 3. The van der Waals surface area contributed by atoms with Crippen LogP contribution in [0.2, 0.25) is 0 Å². The summed E-state index contributed by atoms with van der Waals surface area (Å²) >= 11 is 0. The predicted molar refractivity (Wildman–Crippen MR) is 68.4 cm³/mol. The number of hydrogen-bond donors (Lipinski definition) is 1. The average Bonchev–Trinajstić information content (AvgIpc) is 2.60. The highest BCUT2D eigenvalue weighted by Crippen LogP contribution is 2.15. The number of fused-ring (bicyclic) bond motifs is 1. The third-order valence-electron chi connectivity index (χ3n) is 2.76. The molecule has 0 fully saturated rings. The average molecular weight is 233 g/mol. The lowest BCUT2D eigenvalue weighted by molar-refractivity contribution is 0.615. The van der Waals surface area contributed by atoms with Gasteiger partial charge in [0, 0.05) is 12.1 Å². The summed E-state index contributed by atoms with van der Waals surface area (Å²) in [7, 11) is 0. The molecule has 0 unspecified atom stereocenters. The Bertz CT molecular complexity index is 578. The molecule has 2 heterocycles. The molecule has 2 aromatic rings. The maximum atomic E-state index is 11.6. The molecule has 0 aliphatic rings. The molecule has 0 spiro atoms. The number of nitrogens with one attached hydrogen (secondary N) is 1. The molecular formula is C13H19N3O. The summed E-state index contributed by atoms with van der Waals surface area (Å²) in [5, 5.41) is 4.55. The van der Waals surface area contributed by atoms with Crippen molar-refractivity contribution in [3.63, 3.8) is 0 Å². The van der Waals surface area contributed by atoms with Crippen molar-refractivity contribution in [1.29, 1.82) is 0 Å². The van der Waals surface area contributed by atoms with E-state index in [0.29, 0.717) is 11.8 Å². The van der Waals surface area contributed by atoms with Crippen molar-refractivity contribution < 1.29 is 0 Å². The summed E-state index contributed by atoms with van der Waals surface area (Å²) in [5.74, 6) is 0.872. The molecule has 0 radical (unpaired) electrons. The van der Waals surface area contributed by atoms with E-state index in [1.165, 1.54) is 0 Å². The first kappa shape index (κ1) is 11.9. The van der Waals surface area contributed by atoms with E-state index in [9.17, 15) is 4.79 Å². The number of hydrogen-bond acceptors (Lipinski definition) is 2. The van der Waals surface area contributed by atoms with E-state index in [-0.39, 0.29) is 5.56 Å². The summed E-state index contributed by atoms with van der Waals surface area (Å²) in [5.41, 5.74) is 2.72. The Morgan fingerprint density at radius 2 is 2.00 bits per heavy atom. The van der Waals surface area contributed by atoms with Gasteiger partial charge in [-0.25, -0.2) is 4.52 Å². The zero-order valence-corrected chi connectivity index (χ0v) is 10.8. The Morgan fingerprint density at radius 3 is 2.59 bits per heavy atom. The van der Waals surface area contributed by atoms with Crippen LogP contribution in [0.15, 0.2) is 16.9 Å². The van der Waals surface area contributed by atoms with Crippen LogP contribution in [-0.4, -0.2) is 14.6 Å². The van der Waals surface area contributed by atoms with Gasteiger partial charge < -0.3 is 4.98 Å². The second-order valence-corrected chi connectivity index (χ2v) is 5.24. The van der Waals surface area contributed by atoms with Crippen LogP contribution in [0.3, 0.4) is 0 Å². The molecule has 0 aliphatic heterocycles. The largest absolute Gasteiger partial charge is 0.307 e. The van der Waals surface area contributed by atoms with Crippen molar-refractivity contribution in [2.45, 2.75) is 40.0 Å². The van der Waals surface area contributed by atoms with Crippen molar-refractivity contribution in [3.05, 3.63) is 33.9 Å². The molecule has 0 atom stereocenters. The summed E-state index contributed by atoms with van der Waals surface area (Å²) < 4.78 is 1.86. The van der Waals surface area contributed by atoms with Gasteiger partial charge in [0.05, 0.1) is 11.4 Å². The first-order valence-electron chi connectivity index (χ1n) is 6.09. The zero-order valence-electron chi connectivity index (χ0n) is 10.8. The fourth-order valence-electron chi connectivity index (χ4n) is 1.93. The zero-order chi connectivity index (χ0) is 12.6. The third kappa shape index (κ3) is 2.40.